The molecule has 0 aromatic rings. The van der Waals surface area contributed by atoms with Crippen molar-refractivity contribution in [2.75, 3.05) is 20.7 Å². The Balaban J connectivity index is 4.29. The minimum Gasteiger partial charge on any atom is -0.480 e. The van der Waals surface area contributed by atoms with E-state index in [1.54, 1.807) is 0 Å². The lowest BCUT2D eigenvalue weighted by Gasteiger charge is -2.22. The molecule has 3 N–H and O–H groups in total. The van der Waals surface area contributed by atoms with Gasteiger partial charge in [0.05, 0.1) is 19.6 Å². The van der Waals surface area contributed by atoms with Gasteiger partial charge in [0.15, 0.2) is 6.04 Å². The first-order valence-corrected chi connectivity index (χ1v) is 5.29. The summed E-state index contributed by atoms with van der Waals surface area (Å²) in [5.41, 5.74) is 0. The molecule has 2 amide bonds. The number of ether oxygens (including phenoxy) is 1. The average Bonchev–Trinajstić information content (AvgIpc) is 2.30. The van der Waals surface area contributed by atoms with Gasteiger partial charge in [-0.3, -0.25) is 4.79 Å². The molecule has 18 heavy (non-hydrogen) atoms. The number of aliphatic carboxylic acids is 1. The van der Waals surface area contributed by atoms with Crippen molar-refractivity contribution in [2.45, 2.75) is 25.5 Å². The van der Waals surface area contributed by atoms with Gasteiger partial charge in [-0.2, -0.15) is 0 Å². The predicted molar refractivity (Wildman–Crippen MR) is 60.9 cm³/mol. The van der Waals surface area contributed by atoms with Crippen LogP contribution in [0.1, 0.15) is 13.3 Å². The average molecular weight is 262 g/mol. The highest BCUT2D eigenvalue weighted by molar-refractivity contribution is 5.83. The van der Waals surface area contributed by atoms with Gasteiger partial charge in [-0.05, 0) is 6.92 Å². The van der Waals surface area contributed by atoms with E-state index >= 15 is 0 Å². The third-order valence-corrected chi connectivity index (χ3v) is 2.25. The number of carbonyl (C=O) groups excluding carboxylic acids is 2. The first-order chi connectivity index (χ1) is 8.29. The van der Waals surface area contributed by atoms with Crippen LogP contribution in [0.4, 0.5) is 4.79 Å². The topological polar surface area (TPSA) is 116 Å². The van der Waals surface area contributed by atoms with Gasteiger partial charge in [-0.15, -0.1) is 0 Å². The number of aliphatic hydroxyl groups excluding tert-OH is 1. The molecule has 0 fully saturated rings. The fraction of sp³-hybridized carbons (Fsp3) is 0.700. The Hall–Kier alpha value is -1.83. The second-order valence-corrected chi connectivity index (χ2v) is 3.75. The van der Waals surface area contributed by atoms with Crippen LogP contribution < -0.4 is 5.32 Å². The predicted octanol–water partition coefficient (Wildman–Crippen LogP) is -0.975. The van der Waals surface area contributed by atoms with Crippen LogP contribution in [0.25, 0.3) is 0 Å². The number of carbonyl (C=O) groups is 3. The van der Waals surface area contributed by atoms with E-state index in [1.165, 1.54) is 21.1 Å². The molecule has 0 aromatic heterocycles. The van der Waals surface area contributed by atoms with Crippen LogP contribution in [0.15, 0.2) is 0 Å². The van der Waals surface area contributed by atoms with E-state index < -0.39 is 30.1 Å². The molecule has 0 saturated heterocycles. The van der Waals surface area contributed by atoms with Crippen LogP contribution in [-0.4, -0.2) is 65.9 Å². The number of nitrogens with zero attached hydrogens (tertiary/aromatic N) is 1. The summed E-state index contributed by atoms with van der Waals surface area (Å²) in [7, 11) is 2.63. The second kappa shape index (κ2) is 7.49. The van der Waals surface area contributed by atoms with Crippen molar-refractivity contribution in [3.8, 4) is 0 Å². The summed E-state index contributed by atoms with van der Waals surface area (Å²) >= 11 is 0. The molecular weight excluding hydrogens is 244 g/mol. The summed E-state index contributed by atoms with van der Waals surface area (Å²) in [5, 5.41) is 20.1. The molecule has 8 heteroatoms. The molecule has 0 aromatic carbocycles. The summed E-state index contributed by atoms with van der Waals surface area (Å²) in [6.45, 7) is 1.35. The Morgan fingerprint density at radius 3 is 2.33 bits per heavy atom. The number of methoxy groups -OCH3 is 1. The molecule has 8 nitrogen and oxygen atoms in total. The normalized spacial score (nSPS) is 13.3. The largest absolute Gasteiger partial charge is 0.480 e. The Morgan fingerprint density at radius 2 is 1.94 bits per heavy atom. The standard InChI is InChI=1S/C10H18N2O6/c1-6(13)8(9(15)16)11-10(17)12(2)5-4-7(14)18-3/h6,8,13H,4-5H2,1-3H3,(H,11,17)(H,15,16). The lowest BCUT2D eigenvalue weighted by molar-refractivity contribution is -0.142. The molecule has 0 bridgehead atoms. The highest BCUT2D eigenvalue weighted by Crippen LogP contribution is 1.97. The second-order valence-electron chi connectivity index (χ2n) is 3.75. The third-order valence-electron chi connectivity index (χ3n) is 2.25. The van der Waals surface area contributed by atoms with Crippen molar-refractivity contribution in [3.63, 3.8) is 0 Å². The molecule has 0 saturated carbocycles. The molecule has 104 valence electrons. The zero-order valence-electron chi connectivity index (χ0n) is 10.5. The van der Waals surface area contributed by atoms with E-state index in [4.69, 9.17) is 5.11 Å². The van der Waals surface area contributed by atoms with E-state index in [1.807, 2.05) is 0 Å². The highest BCUT2D eigenvalue weighted by atomic mass is 16.5. The number of amides is 2. The Bertz CT molecular complexity index is 317. The van der Waals surface area contributed by atoms with Crippen molar-refractivity contribution in [1.29, 1.82) is 0 Å². The molecular formula is C10H18N2O6. The van der Waals surface area contributed by atoms with Crippen LogP contribution in [0.5, 0.6) is 0 Å². The van der Waals surface area contributed by atoms with Gasteiger partial charge < -0.3 is 25.2 Å². The van der Waals surface area contributed by atoms with Gasteiger partial charge in [-0.25, -0.2) is 9.59 Å². The van der Waals surface area contributed by atoms with E-state index in [0.717, 1.165) is 4.90 Å². The smallest absolute Gasteiger partial charge is 0.328 e. The molecule has 0 heterocycles. The number of hydrogen-bond donors (Lipinski definition) is 3. The van der Waals surface area contributed by atoms with Gasteiger partial charge in [0.25, 0.3) is 0 Å². The third kappa shape index (κ3) is 5.48. The maximum absolute atomic E-state index is 11.6. The first-order valence-electron chi connectivity index (χ1n) is 5.29. The van der Waals surface area contributed by atoms with E-state index in [-0.39, 0.29) is 13.0 Å². The fourth-order valence-corrected chi connectivity index (χ4v) is 1.09. The lowest BCUT2D eigenvalue weighted by Crippen LogP contribution is -2.51. The molecule has 0 aliphatic rings. The zero-order chi connectivity index (χ0) is 14.3. The number of carboxylic acids is 1. The van der Waals surface area contributed by atoms with Crippen molar-refractivity contribution < 1.29 is 29.3 Å². The maximum Gasteiger partial charge on any atom is 0.328 e. The van der Waals surface area contributed by atoms with Crippen LogP contribution >= 0.6 is 0 Å². The number of esters is 1. The number of urea groups is 1. The monoisotopic (exact) mass is 262 g/mol. The quantitative estimate of drug-likeness (QED) is 0.530. The number of nitrogens with one attached hydrogen (secondary N) is 1. The van der Waals surface area contributed by atoms with Crippen molar-refractivity contribution >= 4 is 18.0 Å². The van der Waals surface area contributed by atoms with Gasteiger partial charge in [0.2, 0.25) is 0 Å². The molecule has 2 unspecified atom stereocenters. The van der Waals surface area contributed by atoms with Crippen LogP contribution in [0, 0.1) is 0 Å². The number of rotatable bonds is 6. The number of aliphatic hydroxyl groups is 1. The van der Waals surface area contributed by atoms with E-state index in [9.17, 15) is 19.5 Å². The minimum atomic E-state index is -1.39. The molecule has 0 radical (unpaired) electrons. The Morgan fingerprint density at radius 1 is 1.39 bits per heavy atom. The number of hydrogen-bond acceptors (Lipinski definition) is 5. The summed E-state index contributed by atoms with van der Waals surface area (Å²) in [4.78, 5) is 34.3. The van der Waals surface area contributed by atoms with Gasteiger partial charge in [0, 0.05) is 13.6 Å². The van der Waals surface area contributed by atoms with Gasteiger partial charge in [0.1, 0.15) is 0 Å². The Labute approximate surface area is 105 Å². The van der Waals surface area contributed by atoms with Gasteiger partial charge >= 0.3 is 18.0 Å². The van der Waals surface area contributed by atoms with E-state index in [2.05, 4.69) is 10.1 Å². The van der Waals surface area contributed by atoms with Crippen molar-refractivity contribution in [1.82, 2.24) is 10.2 Å². The minimum absolute atomic E-state index is 0.00678. The maximum atomic E-state index is 11.6. The molecule has 0 spiro atoms. The molecule has 0 aliphatic heterocycles. The first kappa shape index (κ1) is 16.2. The number of carboxylic acid groups (broad SMARTS) is 1. The zero-order valence-corrected chi connectivity index (χ0v) is 10.5. The van der Waals surface area contributed by atoms with E-state index in [0.29, 0.717) is 0 Å². The SMILES string of the molecule is COC(=O)CCN(C)C(=O)NC(C(=O)O)C(C)O. The van der Waals surface area contributed by atoms with Crippen molar-refractivity contribution in [3.05, 3.63) is 0 Å². The summed E-state index contributed by atoms with van der Waals surface area (Å²) in [6.07, 6.45) is -1.22. The van der Waals surface area contributed by atoms with Crippen LogP contribution in [-0.2, 0) is 14.3 Å². The summed E-state index contributed by atoms with van der Waals surface area (Å²) < 4.78 is 4.41. The highest BCUT2D eigenvalue weighted by Gasteiger charge is 2.26. The molecule has 0 aliphatic carbocycles. The van der Waals surface area contributed by atoms with Crippen molar-refractivity contribution in [2.24, 2.45) is 0 Å². The van der Waals surface area contributed by atoms with Gasteiger partial charge in [-0.1, -0.05) is 0 Å². The lowest BCUT2D eigenvalue weighted by atomic mass is 10.2. The summed E-state index contributed by atoms with van der Waals surface area (Å²) in [5.74, 6) is -1.81. The molecule has 0 rings (SSSR count). The van der Waals surface area contributed by atoms with Crippen LogP contribution in [0.3, 0.4) is 0 Å². The van der Waals surface area contributed by atoms with Crippen LogP contribution in [0.2, 0.25) is 0 Å². The molecule has 2 atom stereocenters. The summed E-state index contributed by atoms with van der Waals surface area (Å²) in [6, 6.07) is -2.08. The Kier molecular flexibility index (Phi) is 6.73. The fourth-order valence-electron chi connectivity index (χ4n) is 1.09.